The molecule has 2 aliphatic carbocycles. The van der Waals surface area contributed by atoms with Crippen LogP contribution in [-0.4, -0.2) is 24.4 Å². The molecule has 2 saturated carbocycles. The minimum absolute atomic E-state index is 0.0116. The van der Waals surface area contributed by atoms with Crippen molar-refractivity contribution in [1.29, 1.82) is 0 Å². The van der Waals surface area contributed by atoms with E-state index in [2.05, 4.69) is 10.6 Å². The summed E-state index contributed by atoms with van der Waals surface area (Å²) in [4.78, 5) is 24.0. The van der Waals surface area contributed by atoms with E-state index in [1.165, 1.54) is 64.2 Å². The fraction of sp³-hybridized carbons (Fsp3) is 0.905. The Labute approximate surface area is 153 Å². The summed E-state index contributed by atoms with van der Waals surface area (Å²) >= 11 is 0. The molecule has 1 atom stereocenters. The largest absolute Gasteiger partial charge is 0.354 e. The van der Waals surface area contributed by atoms with Gasteiger partial charge in [-0.15, -0.1) is 0 Å². The zero-order valence-corrected chi connectivity index (χ0v) is 16.2. The first-order chi connectivity index (χ1) is 12.1. The lowest BCUT2D eigenvalue weighted by Gasteiger charge is -2.22. The van der Waals surface area contributed by atoms with E-state index in [1.54, 1.807) is 0 Å². The van der Waals surface area contributed by atoms with Crippen LogP contribution in [0.2, 0.25) is 0 Å². The third-order valence-electron chi connectivity index (χ3n) is 6.02. The van der Waals surface area contributed by atoms with E-state index in [1.807, 2.05) is 6.92 Å². The molecule has 0 aromatic carbocycles. The molecule has 144 valence electrons. The number of carbonyl (C=O) groups excluding carboxylic acids is 2. The van der Waals surface area contributed by atoms with Gasteiger partial charge in [-0.1, -0.05) is 64.2 Å². The zero-order chi connectivity index (χ0) is 17.9. The number of amides is 2. The molecule has 0 saturated heterocycles. The lowest BCUT2D eigenvalue weighted by molar-refractivity contribution is -0.123. The highest BCUT2D eigenvalue weighted by Gasteiger charge is 2.17. The average molecular weight is 351 g/mol. The monoisotopic (exact) mass is 350 g/mol. The third kappa shape index (κ3) is 8.73. The summed E-state index contributed by atoms with van der Waals surface area (Å²) in [7, 11) is 0. The molecule has 0 aromatic heterocycles. The number of hydrogen-bond donors (Lipinski definition) is 2. The Hall–Kier alpha value is -1.06. The quantitative estimate of drug-likeness (QED) is 0.650. The molecule has 2 amide bonds. The average Bonchev–Trinajstić information content (AvgIpc) is 2.65. The van der Waals surface area contributed by atoms with E-state index in [4.69, 9.17) is 0 Å². The maximum Gasteiger partial charge on any atom is 0.220 e. The predicted molar refractivity (Wildman–Crippen MR) is 102 cm³/mol. The van der Waals surface area contributed by atoms with Crippen molar-refractivity contribution in [3.05, 3.63) is 0 Å². The Morgan fingerprint density at radius 1 is 0.800 bits per heavy atom. The number of rotatable bonds is 9. The van der Waals surface area contributed by atoms with Gasteiger partial charge in [0.15, 0.2) is 0 Å². The van der Waals surface area contributed by atoms with Gasteiger partial charge in [0.2, 0.25) is 11.8 Å². The summed E-state index contributed by atoms with van der Waals surface area (Å²) < 4.78 is 0. The molecule has 0 bridgehead atoms. The maximum atomic E-state index is 12.0. The van der Waals surface area contributed by atoms with Gasteiger partial charge >= 0.3 is 0 Å². The second-order valence-corrected chi connectivity index (χ2v) is 8.36. The van der Waals surface area contributed by atoms with Crippen molar-refractivity contribution in [2.24, 2.45) is 11.8 Å². The van der Waals surface area contributed by atoms with Crippen LogP contribution in [0, 0.1) is 11.8 Å². The van der Waals surface area contributed by atoms with Gasteiger partial charge in [-0.2, -0.15) is 0 Å². The normalized spacial score (nSPS) is 20.8. The summed E-state index contributed by atoms with van der Waals surface area (Å²) in [5.41, 5.74) is 0. The molecule has 0 aromatic rings. The van der Waals surface area contributed by atoms with E-state index in [9.17, 15) is 9.59 Å². The maximum absolute atomic E-state index is 12.0. The molecule has 2 fully saturated rings. The fourth-order valence-corrected chi connectivity index (χ4v) is 4.38. The highest BCUT2D eigenvalue weighted by molar-refractivity contribution is 5.77. The van der Waals surface area contributed by atoms with Crippen LogP contribution < -0.4 is 10.6 Å². The van der Waals surface area contributed by atoms with Crippen LogP contribution >= 0.6 is 0 Å². The molecular formula is C21H38N2O2. The summed E-state index contributed by atoms with van der Waals surface area (Å²) in [5, 5.41) is 6.01. The van der Waals surface area contributed by atoms with Gasteiger partial charge in [0, 0.05) is 25.4 Å². The lowest BCUT2D eigenvalue weighted by atomic mass is 9.86. The Morgan fingerprint density at radius 2 is 1.28 bits per heavy atom. The van der Waals surface area contributed by atoms with Crippen LogP contribution in [0.5, 0.6) is 0 Å². The number of nitrogens with one attached hydrogen (secondary N) is 2. The molecule has 0 spiro atoms. The van der Waals surface area contributed by atoms with Crippen molar-refractivity contribution in [3.63, 3.8) is 0 Å². The second-order valence-electron chi connectivity index (χ2n) is 8.36. The predicted octanol–water partition coefficient (Wildman–Crippen LogP) is 4.33. The zero-order valence-electron chi connectivity index (χ0n) is 16.2. The molecule has 2 aliphatic rings. The number of carbonyl (C=O) groups is 2. The summed E-state index contributed by atoms with van der Waals surface area (Å²) in [5.74, 6) is 1.76. The lowest BCUT2D eigenvalue weighted by Crippen LogP contribution is -2.41. The molecule has 0 aliphatic heterocycles. The first kappa shape index (κ1) is 20.3. The van der Waals surface area contributed by atoms with Gasteiger partial charge in [-0.05, 0) is 31.6 Å². The minimum Gasteiger partial charge on any atom is -0.354 e. The van der Waals surface area contributed by atoms with Gasteiger partial charge < -0.3 is 10.6 Å². The molecule has 0 heterocycles. The third-order valence-corrected chi connectivity index (χ3v) is 6.02. The van der Waals surface area contributed by atoms with Crippen molar-refractivity contribution < 1.29 is 9.59 Å². The summed E-state index contributed by atoms with van der Waals surface area (Å²) in [6.07, 6.45) is 16.5. The van der Waals surface area contributed by atoms with Crippen LogP contribution in [0.15, 0.2) is 0 Å². The van der Waals surface area contributed by atoms with Crippen molar-refractivity contribution >= 4 is 11.8 Å². The fourth-order valence-electron chi connectivity index (χ4n) is 4.38. The summed E-state index contributed by atoms with van der Waals surface area (Å²) in [6.45, 7) is 2.51. The number of hydrogen-bond acceptors (Lipinski definition) is 2. The molecule has 4 heteroatoms. The molecule has 4 nitrogen and oxygen atoms in total. The molecule has 0 radical (unpaired) electrons. The van der Waals surface area contributed by atoms with Crippen LogP contribution in [0.1, 0.15) is 96.8 Å². The molecule has 2 N–H and O–H groups in total. The Balaban J connectivity index is 1.50. The minimum atomic E-state index is 0.0116. The highest BCUT2D eigenvalue weighted by atomic mass is 16.2. The highest BCUT2D eigenvalue weighted by Crippen LogP contribution is 2.27. The molecule has 2 rings (SSSR count). The van der Waals surface area contributed by atoms with Crippen molar-refractivity contribution in [3.8, 4) is 0 Å². The Morgan fingerprint density at radius 3 is 1.80 bits per heavy atom. The molecule has 0 unspecified atom stereocenters. The van der Waals surface area contributed by atoms with E-state index in [0.717, 1.165) is 24.7 Å². The second kappa shape index (κ2) is 11.5. The van der Waals surface area contributed by atoms with Gasteiger partial charge in [-0.25, -0.2) is 0 Å². The van der Waals surface area contributed by atoms with Crippen LogP contribution in [0.4, 0.5) is 0 Å². The van der Waals surface area contributed by atoms with Crippen molar-refractivity contribution in [2.75, 3.05) is 6.54 Å². The van der Waals surface area contributed by atoms with Gasteiger partial charge in [0.25, 0.3) is 0 Å². The molecular weight excluding hydrogens is 312 g/mol. The van der Waals surface area contributed by atoms with Crippen molar-refractivity contribution in [1.82, 2.24) is 10.6 Å². The van der Waals surface area contributed by atoms with Gasteiger partial charge in [0.1, 0.15) is 0 Å². The van der Waals surface area contributed by atoms with Crippen molar-refractivity contribution in [2.45, 2.75) is 103 Å². The van der Waals surface area contributed by atoms with E-state index in [0.29, 0.717) is 19.4 Å². The standard InChI is InChI=1S/C21H38N2O2/c1-17(23-21(25)15-13-19-10-6-3-7-11-19)16-22-20(24)14-12-18-8-4-2-5-9-18/h17-19H,2-16H2,1H3,(H,22,24)(H,23,25)/t17-/m1/s1. The first-order valence-electron chi connectivity index (χ1n) is 10.7. The Kier molecular flexibility index (Phi) is 9.35. The smallest absolute Gasteiger partial charge is 0.220 e. The Bertz CT molecular complexity index is 399. The van der Waals surface area contributed by atoms with Crippen LogP contribution in [0.3, 0.4) is 0 Å². The summed E-state index contributed by atoms with van der Waals surface area (Å²) in [6, 6.07) is 0.0116. The van der Waals surface area contributed by atoms with E-state index in [-0.39, 0.29) is 17.9 Å². The topological polar surface area (TPSA) is 58.2 Å². The van der Waals surface area contributed by atoms with Crippen LogP contribution in [-0.2, 0) is 9.59 Å². The van der Waals surface area contributed by atoms with E-state index >= 15 is 0 Å². The van der Waals surface area contributed by atoms with Crippen LogP contribution in [0.25, 0.3) is 0 Å². The molecule has 25 heavy (non-hydrogen) atoms. The SMILES string of the molecule is C[C@H](CNC(=O)CCC1CCCCC1)NC(=O)CCC1CCCCC1. The van der Waals surface area contributed by atoms with E-state index < -0.39 is 0 Å². The first-order valence-corrected chi connectivity index (χ1v) is 10.7. The van der Waals surface area contributed by atoms with Gasteiger partial charge in [0.05, 0.1) is 0 Å². The van der Waals surface area contributed by atoms with Gasteiger partial charge in [-0.3, -0.25) is 9.59 Å².